The molecule has 0 saturated carbocycles. The van der Waals surface area contributed by atoms with E-state index in [1.54, 1.807) is 0 Å². The van der Waals surface area contributed by atoms with Crippen molar-refractivity contribution in [3.63, 3.8) is 0 Å². The van der Waals surface area contributed by atoms with Crippen molar-refractivity contribution >= 4 is 0 Å². The van der Waals surface area contributed by atoms with Crippen LogP contribution in [0.5, 0.6) is 0 Å². The van der Waals surface area contributed by atoms with Crippen molar-refractivity contribution in [3.8, 4) is 0 Å². The third kappa shape index (κ3) is 3.59. The summed E-state index contributed by atoms with van der Waals surface area (Å²) < 4.78 is 5.65. The van der Waals surface area contributed by atoms with Gasteiger partial charge in [-0.2, -0.15) is 0 Å². The summed E-state index contributed by atoms with van der Waals surface area (Å²) in [5.74, 6) is 0. The number of aliphatic hydroxyl groups is 1. The van der Waals surface area contributed by atoms with Crippen molar-refractivity contribution in [1.82, 2.24) is 0 Å². The Bertz CT molecular complexity index is 326. The van der Waals surface area contributed by atoms with Crippen LogP contribution in [-0.2, 0) is 4.74 Å². The van der Waals surface area contributed by atoms with Crippen LogP contribution in [0.2, 0.25) is 0 Å². The molecule has 0 fully saturated rings. The molecule has 3 heteroatoms. The Balaban J connectivity index is 2.70. The molecule has 0 heterocycles. The number of rotatable bonds is 6. The van der Waals surface area contributed by atoms with Crippen molar-refractivity contribution in [2.45, 2.75) is 26.4 Å². The number of nitrogens with two attached hydrogens (primary N) is 1. The fourth-order valence-corrected chi connectivity index (χ4v) is 1.76. The molecular weight excluding hydrogens is 202 g/mol. The van der Waals surface area contributed by atoms with E-state index in [1.807, 2.05) is 0 Å². The minimum absolute atomic E-state index is 0.0628. The molecule has 1 aromatic rings. The van der Waals surface area contributed by atoms with Gasteiger partial charge in [-0.15, -0.1) is 0 Å². The maximum absolute atomic E-state index is 8.70. The van der Waals surface area contributed by atoms with Gasteiger partial charge in [0.15, 0.2) is 0 Å². The second-order valence-electron chi connectivity index (χ2n) is 4.03. The molecule has 0 aliphatic heterocycles. The van der Waals surface area contributed by atoms with Crippen LogP contribution in [0.4, 0.5) is 0 Å². The molecule has 0 aliphatic rings. The van der Waals surface area contributed by atoms with Crippen molar-refractivity contribution in [2.24, 2.45) is 5.73 Å². The largest absolute Gasteiger partial charge is 0.396 e. The predicted molar refractivity (Wildman–Crippen MR) is 65.4 cm³/mol. The predicted octanol–water partition coefficient (Wildman–Crippen LogP) is 1.70. The quantitative estimate of drug-likeness (QED) is 0.722. The molecule has 0 bridgehead atoms. The van der Waals surface area contributed by atoms with Gasteiger partial charge in [-0.05, 0) is 31.4 Å². The van der Waals surface area contributed by atoms with Gasteiger partial charge in [0.25, 0.3) is 0 Å². The Morgan fingerprint density at radius 2 is 2.12 bits per heavy atom. The number of benzene rings is 1. The molecule has 0 amide bonds. The summed E-state index contributed by atoms with van der Waals surface area (Å²) in [6.45, 7) is 5.31. The topological polar surface area (TPSA) is 55.5 Å². The summed E-state index contributed by atoms with van der Waals surface area (Å²) in [6.07, 6.45) is 0.591. The maximum Gasteiger partial charge on any atom is 0.0949 e. The van der Waals surface area contributed by atoms with Crippen LogP contribution in [0.1, 0.15) is 29.2 Å². The standard InChI is InChI=1S/C13H21NO2/c1-10-4-5-12(11(2)8-10)13(9-14)16-7-3-6-15/h4-5,8,13,15H,3,6-7,9,14H2,1-2H3. The van der Waals surface area contributed by atoms with Crippen molar-refractivity contribution < 1.29 is 9.84 Å². The van der Waals surface area contributed by atoms with Crippen molar-refractivity contribution in [1.29, 1.82) is 0 Å². The molecular formula is C13H21NO2. The van der Waals surface area contributed by atoms with E-state index in [1.165, 1.54) is 11.1 Å². The molecule has 0 spiro atoms. The van der Waals surface area contributed by atoms with E-state index in [9.17, 15) is 0 Å². The van der Waals surface area contributed by atoms with Gasteiger partial charge >= 0.3 is 0 Å². The van der Waals surface area contributed by atoms with E-state index in [4.69, 9.17) is 15.6 Å². The van der Waals surface area contributed by atoms with E-state index in [0.717, 1.165) is 5.56 Å². The van der Waals surface area contributed by atoms with Gasteiger partial charge in [0.2, 0.25) is 0 Å². The highest BCUT2D eigenvalue weighted by atomic mass is 16.5. The maximum atomic E-state index is 8.70. The fourth-order valence-electron chi connectivity index (χ4n) is 1.76. The Morgan fingerprint density at radius 3 is 2.69 bits per heavy atom. The molecule has 1 aromatic carbocycles. The molecule has 0 aliphatic carbocycles. The lowest BCUT2D eigenvalue weighted by Crippen LogP contribution is -2.17. The van der Waals surface area contributed by atoms with Gasteiger partial charge in [0, 0.05) is 19.8 Å². The van der Waals surface area contributed by atoms with E-state index >= 15 is 0 Å². The van der Waals surface area contributed by atoms with Crippen LogP contribution >= 0.6 is 0 Å². The summed E-state index contributed by atoms with van der Waals surface area (Å²) in [6, 6.07) is 6.27. The molecule has 0 aromatic heterocycles. The highest BCUT2D eigenvalue weighted by Gasteiger charge is 2.12. The second kappa shape index (κ2) is 6.63. The first kappa shape index (κ1) is 13.2. The van der Waals surface area contributed by atoms with E-state index < -0.39 is 0 Å². The SMILES string of the molecule is Cc1ccc(C(CN)OCCCO)c(C)c1. The molecule has 1 rings (SSSR count). The number of hydrogen-bond donors (Lipinski definition) is 2. The summed E-state index contributed by atoms with van der Waals surface area (Å²) in [7, 11) is 0. The van der Waals surface area contributed by atoms with E-state index in [-0.39, 0.29) is 12.7 Å². The number of hydrogen-bond acceptors (Lipinski definition) is 3. The van der Waals surface area contributed by atoms with Gasteiger partial charge in [-0.25, -0.2) is 0 Å². The van der Waals surface area contributed by atoms with Crippen LogP contribution in [0.15, 0.2) is 18.2 Å². The monoisotopic (exact) mass is 223 g/mol. The van der Waals surface area contributed by atoms with Gasteiger partial charge in [-0.3, -0.25) is 0 Å². The average molecular weight is 223 g/mol. The van der Waals surface area contributed by atoms with Crippen molar-refractivity contribution in [2.75, 3.05) is 19.8 Å². The molecule has 90 valence electrons. The third-order valence-electron chi connectivity index (χ3n) is 2.61. The molecule has 0 saturated heterocycles. The molecule has 3 N–H and O–H groups in total. The number of ether oxygens (including phenoxy) is 1. The first-order chi connectivity index (χ1) is 7.69. The number of aliphatic hydroxyl groups excluding tert-OH is 1. The lowest BCUT2D eigenvalue weighted by molar-refractivity contribution is 0.0485. The van der Waals surface area contributed by atoms with E-state index in [2.05, 4.69) is 32.0 Å². The zero-order valence-electron chi connectivity index (χ0n) is 10.1. The lowest BCUT2D eigenvalue weighted by atomic mass is 10.0. The highest BCUT2D eigenvalue weighted by Crippen LogP contribution is 2.21. The summed E-state index contributed by atoms with van der Waals surface area (Å²) >= 11 is 0. The van der Waals surface area contributed by atoms with Crippen LogP contribution in [0, 0.1) is 13.8 Å². The number of aryl methyl sites for hydroxylation is 2. The highest BCUT2D eigenvalue weighted by molar-refractivity contribution is 5.32. The summed E-state index contributed by atoms with van der Waals surface area (Å²) in [5.41, 5.74) is 9.30. The van der Waals surface area contributed by atoms with E-state index in [0.29, 0.717) is 19.6 Å². The summed E-state index contributed by atoms with van der Waals surface area (Å²) in [4.78, 5) is 0. The van der Waals surface area contributed by atoms with Crippen LogP contribution in [0.3, 0.4) is 0 Å². The van der Waals surface area contributed by atoms with Crippen LogP contribution < -0.4 is 5.73 Å². The molecule has 3 nitrogen and oxygen atoms in total. The van der Waals surface area contributed by atoms with Gasteiger partial charge < -0.3 is 15.6 Å². The first-order valence-corrected chi connectivity index (χ1v) is 5.68. The Labute approximate surface area is 97.2 Å². The van der Waals surface area contributed by atoms with Gasteiger partial charge in [0.05, 0.1) is 6.10 Å². The summed E-state index contributed by atoms with van der Waals surface area (Å²) in [5, 5.41) is 8.70. The molecule has 16 heavy (non-hydrogen) atoms. The lowest BCUT2D eigenvalue weighted by Gasteiger charge is -2.18. The Morgan fingerprint density at radius 1 is 1.38 bits per heavy atom. The first-order valence-electron chi connectivity index (χ1n) is 5.68. The molecule has 1 unspecified atom stereocenters. The van der Waals surface area contributed by atoms with Crippen LogP contribution in [0.25, 0.3) is 0 Å². The van der Waals surface area contributed by atoms with Crippen molar-refractivity contribution in [3.05, 3.63) is 34.9 Å². The zero-order chi connectivity index (χ0) is 12.0. The smallest absolute Gasteiger partial charge is 0.0949 e. The van der Waals surface area contributed by atoms with Gasteiger partial charge in [-0.1, -0.05) is 23.8 Å². The molecule has 0 radical (unpaired) electrons. The normalized spacial score (nSPS) is 12.8. The second-order valence-corrected chi connectivity index (χ2v) is 4.03. The molecule has 1 atom stereocenters. The Kier molecular flexibility index (Phi) is 5.46. The fraction of sp³-hybridized carbons (Fsp3) is 0.538. The minimum atomic E-state index is -0.0628. The van der Waals surface area contributed by atoms with Crippen LogP contribution in [-0.4, -0.2) is 24.9 Å². The minimum Gasteiger partial charge on any atom is -0.396 e. The Hall–Kier alpha value is -0.900. The average Bonchev–Trinajstić information content (AvgIpc) is 2.26. The third-order valence-corrected chi connectivity index (χ3v) is 2.61. The van der Waals surface area contributed by atoms with Gasteiger partial charge in [0.1, 0.15) is 0 Å². The zero-order valence-corrected chi connectivity index (χ0v) is 10.1.